The number of aromatic nitrogens is 2. The summed E-state index contributed by atoms with van der Waals surface area (Å²) >= 11 is 0. The summed E-state index contributed by atoms with van der Waals surface area (Å²) in [7, 11) is 3.26. The molecule has 2 aromatic carbocycles. The van der Waals surface area contributed by atoms with Gasteiger partial charge in [-0.25, -0.2) is 0 Å². The quantitative estimate of drug-likeness (QED) is 0.595. The summed E-state index contributed by atoms with van der Waals surface area (Å²) in [6.45, 7) is 3.40. The normalized spacial score (nSPS) is 14.5. The van der Waals surface area contributed by atoms with E-state index in [0.29, 0.717) is 17.6 Å². The van der Waals surface area contributed by atoms with E-state index in [2.05, 4.69) is 10.1 Å². The maximum Gasteiger partial charge on any atom is 0.254 e. The highest BCUT2D eigenvalue weighted by Crippen LogP contribution is 2.26. The van der Waals surface area contributed by atoms with Crippen LogP contribution in [0.5, 0.6) is 11.5 Å². The molecule has 1 aliphatic rings. The average molecular weight is 421 g/mol. The van der Waals surface area contributed by atoms with E-state index in [4.69, 9.17) is 14.0 Å². The summed E-state index contributed by atoms with van der Waals surface area (Å²) < 4.78 is 16.0. The van der Waals surface area contributed by atoms with Crippen molar-refractivity contribution in [3.8, 4) is 22.9 Å². The molecule has 4 rings (SSSR count). The maximum absolute atomic E-state index is 12.9. The molecule has 0 spiro atoms. The topological polar surface area (TPSA) is 77.7 Å². The van der Waals surface area contributed by atoms with Crippen LogP contribution in [0.2, 0.25) is 0 Å². The molecule has 0 radical (unpaired) electrons. The van der Waals surface area contributed by atoms with Gasteiger partial charge in [0.05, 0.1) is 14.2 Å². The van der Waals surface area contributed by atoms with Crippen molar-refractivity contribution in [2.75, 3.05) is 27.3 Å². The van der Waals surface area contributed by atoms with Gasteiger partial charge < -0.3 is 18.9 Å². The predicted molar refractivity (Wildman–Crippen MR) is 116 cm³/mol. The molecule has 1 aromatic heterocycles. The van der Waals surface area contributed by atoms with Gasteiger partial charge in [0.1, 0.15) is 11.5 Å². The Bertz CT molecular complexity index is 1050. The summed E-state index contributed by atoms with van der Waals surface area (Å²) in [5.41, 5.74) is 2.53. The minimum absolute atomic E-state index is 0.0803. The van der Waals surface area contributed by atoms with Crippen LogP contribution in [0, 0.1) is 12.8 Å². The van der Waals surface area contributed by atoms with E-state index in [0.717, 1.165) is 60.5 Å². The third kappa shape index (κ3) is 4.71. The number of hydrogen-bond donors (Lipinski definition) is 0. The lowest BCUT2D eigenvalue weighted by Crippen LogP contribution is -2.39. The first-order valence-electron chi connectivity index (χ1n) is 10.5. The summed E-state index contributed by atoms with van der Waals surface area (Å²) in [5.74, 6) is 3.22. The third-order valence-corrected chi connectivity index (χ3v) is 5.83. The molecule has 2 heterocycles. The second kappa shape index (κ2) is 9.20. The number of carbonyl (C=O) groups excluding carboxylic acids is 1. The number of likely N-dealkylation sites (tertiary alicyclic amines) is 1. The molecule has 1 amide bonds. The molecule has 0 aliphatic carbocycles. The lowest BCUT2D eigenvalue weighted by molar-refractivity contribution is 0.0686. The summed E-state index contributed by atoms with van der Waals surface area (Å²) in [6, 6.07) is 13.2. The first kappa shape index (κ1) is 20.9. The molecule has 0 unspecified atom stereocenters. The molecule has 1 aliphatic heterocycles. The first-order valence-corrected chi connectivity index (χ1v) is 10.5. The number of hydrogen-bond acceptors (Lipinski definition) is 6. The number of benzene rings is 2. The van der Waals surface area contributed by atoms with Crippen LogP contribution in [0.4, 0.5) is 0 Å². The van der Waals surface area contributed by atoms with Crippen LogP contribution >= 0.6 is 0 Å². The SMILES string of the molecule is COc1cccc(-c2noc(CC3CCN(C(=O)c4ccc(OC)cc4C)CC3)n2)c1. The van der Waals surface area contributed by atoms with Crippen molar-refractivity contribution in [2.45, 2.75) is 26.2 Å². The Balaban J connectivity index is 1.34. The van der Waals surface area contributed by atoms with Crippen molar-refractivity contribution in [1.82, 2.24) is 15.0 Å². The van der Waals surface area contributed by atoms with Gasteiger partial charge in [-0.3, -0.25) is 4.79 Å². The third-order valence-electron chi connectivity index (χ3n) is 5.83. The van der Waals surface area contributed by atoms with E-state index >= 15 is 0 Å². The number of carbonyl (C=O) groups is 1. The zero-order valence-electron chi connectivity index (χ0n) is 18.1. The van der Waals surface area contributed by atoms with Crippen molar-refractivity contribution < 1.29 is 18.8 Å². The molecular weight excluding hydrogens is 394 g/mol. The average Bonchev–Trinajstić information content (AvgIpc) is 3.27. The van der Waals surface area contributed by atoms with Gasteiger partial charge in [0.2, 0.25) is 11.7 Å². The van der Waals surface area contributed by atoms with Gasteiger partial charge in [-0.15, -0.1) is 0 Å². The number of piperidine rings is 1. The van der Waals surface area contributed by atoms with E-state index in [9.17, 15) is 4.79 Å². The Morgan fingerprint density at radius 1 is 1.10 bits per heavy atom. The highest BCUT2D eigenvalue weighted by Gasteiger charge is 2.26. The van der Waals surface area contributed by atoms with Crippen LogP contribution < -0.4 is 9.47 Å². The first-order chi connectivity index (χ1) is 15.1. The van der Waals surface area contributed by atoms with Crippen LogP contribution in [-0.4, -0.2) is 48.3 Å². The van der Waals surface area contributed by atoms with Crippen molar-refractivity contribution in [1.29, 1.82) is 0 Å². The van der Waals surface area contributed by atoms with Gasteiger partial charge in [-0.05, 0) is 61.6 Å². The molecule has 0 atom stereocenters. The molecule has 0 bridgehead atoms. The highest BCUT2D eigenvalue weighted by molar-refractivity contribution is 5.95. The molecule has 7 heteroatoms. The Morgan fingerprint density at radius 2 is 1.84 bits per heavy atom. The van der Waals surface area contributed by atoms with E-state index in [1.807, 2.05) is 54.3 Å². The number of methoxy groups -OCH3 is 2. The molecule has 162 valence electrons. The largest absolute Gasteiger partial charge is 0.497 e. The molecule has 3 aromatic rings. The number of rotatable bonds is 6. The van der Waals surface area contributed by atoms with Crippen molar-refractivity contribution >= 4 is 5.91 Å². The van der Waals surface area contributed by atoms with Crippen molar-refractivity contribution in [2.24, 2.45) is 5.92 Å². The second-order valence-electron chi connectivity index (χ2n) is 7.86. The van der Waals surface area contributed by atoms with E-state index in [1.54, 1.807) is 14.2 Å². The smallest absolute Gasteiger partial charge is 0.254 e. The van der Waals surface area contributed by atoms with Crippen LogP contribution in [-0.2, 0) is 6.42 Å². The Hall–Kier alpha value is -3.35. The van der Waals surface area contributed by atoms with Gasteiger partial charge in [0.25, 0.3) is 5.91 Å². The lowest BCUT2D eigenvalue weighted by Gasteiger charge is -2.32. The number of aryl methyl sites for hydroxylation is 1. The fourth-order valence-corrected chi connectivity index (χ4v) is 3.98. The van der Waals surface area contributed by atoms with E-state index in [-0.39, 0.29) is 5.91 Å². The molecule has 31 heavy (non-hydrogen) atoms. The molecule has 0 saturated carbocycles. The van der Waals surface area contributed by atoms with Gasteiger partial charge in [-0.2, -0.15) is 4.98 Å². The van der Waals surface area contributed by atoms with Crippen LogP contribution in [0.25, 0.3) is 11.4 Å². The van der Waals surface area contributed by atoms with Crippen LogP contribution in [0.3, 0.4) is 0 Å². The highest BCUT2D eigenvalue weighted by atomic mass is 16.5. The zero-order chi connectivity index (χ0) is 21.8. The zero-order valence-corrected chi connectivity index (χ0v) is 18.1. The fraction of sp³-hybridized carbons (Fsp3) is 0.375. The molecule has 1 saturated heterocycles. The molecule has 7 nitrogen and oxygen atoms in total. The molecular formula is C24H27N3O4. The monoisotopic (exact) mass is 421 g/mol. The fourth-order valence-electron chi connectivity index (χ4n) is 3.98. The van der Waals surface area contributed by atoms with Gasteiger partial charge in [0, 0.05) is 30.6 Å². The maximum atomic E-state index is 12.9. The number of amides is 1. The van der Waals surface area contributed by atoms with Gasteiger partial charge in [0.15, 0.2) is 0 Å². The summed E-state index contributed by atoms with van der Waals surface area (Å²) in [4.78, 5) is 19.4. The minimum Gasteiger partial charge on any atom is -0.497 e. The Labute approximate surface area is 182 Å². The standard InChI is InChI=1S/C24H27N3O4/c1-16-13-20(30-3)7-8-21(16)24(28)27-11-9-17(10-12-27)14-22-25-23(26-31-22)18-5-4-6-19(15-18)29-2/h4-8,13,15,17H,9-12,14H2,1-3H3. The summed E-state index contributed by atoms with van der Waals surface area (Å²) in [6.07, 6.45) is 2.55. The van der Waals surface area contributed by atoms with Crippen molar-refractivity contribution in [3.63, 3.8) is 0 Å². The Morgan fingerprint density at radius 3 is 2.55 bits per heavy atom. The second-order valence-corrected chi connectivity index (χ2v) is 7.86. The van der Waals surface area contributed by atoms with Crippen LogP contribution in [0.1, 0.15) is 34.7 Å². The molecule has 0 N–H and O–H groups in total. The minimum atomic E-state index is 0.0803. The van der Waals surface area contributed by atoms with Gasteiger partial charge in [-0.1, -0.05) is 17.3 Å². The van der Waals surface area contributed by atoms with Crippen molar-refractivity contribution in [3.05, 3.63) is 59.5 Å². The van der Waals surface area contributed by atoms with Gasteiger partial charge >= 0.3 is 0 Å². The molecule has 1 fully saturated rings. The predicted octanol–water partition coefficient (Wildman–Crippen LogP) is 4.16. The lowest BCUT2D eigenvalue weighted by atomic mass is 9.93. The Kier molecular flexibility index (Phi) is 6.21. The van der Waals surface area contributed by atoms with E-state index in [1.165, 1.54) is 0 Å². The van der Waals surface area contributed by atoms with Crippen LogP contribution in [0.15, 0.2) is 47.0 Å². The van der Waals surface area contributed by atoms with E-state index < -0.39 is 0 Å². The number of ether oxygens (including phenoxy) is 2. The number of nitrogens with zero attached hydrogens (tertiary/aromatic N) is 3. The summed E-state index contributed by atoms with van der Waals surface area (Å²) in [5, 5.41) is 4.12.